The molecular weight excluding hydrogens is 192 g/mol. The zero-order valence-corrected chi connectivity index (χ0v) is 6.24. The fourth-order valence-corrected chi connectivity index (χ4v) is 1.11. The van der Waals surface area contributed by atoms with E-state index in [1.165, 1.54) is 11.5 Å². The molecule has 0 aromatic carbocycles. The lowest BCUT2D eigenvalue weighted by molar-refractivity contribution is 0.276. The largest absolute Gasteiger partial charge is 0.390 e. The SMILES string of the molecule is OCc1nnsc1Br. The second-order valence-corrected chi connectivity index (χ2v) is 3.22. The molecule has 0 saturated carbocycles. The Kier molecular flexibility index (Phi) is 1.93. The van der Waals surface area contributed by atoms with Gasteiger partial charge in [-0.2, -0.15) is 0 Å². The number of halogens is 1. The first kappa shape index (κ1) is 6.12. The lowest BCUT2D eigenvalue weighted by atomic mass is 10.6. The van der Waals surface area contributed by atoms with Crippen molar-refractivity contribution in [3.05, 3.63) is 9.48 Å². The summed E-state index contributed by atoms with van der Waals surface area (Å²) < 4.78 is 4.38. The number of rotatable bonds is 1. The van der Waals surface area contributed by atoms with E-state index in [9.17, 15) is 0 Å². The van der Waals surface area contributed by atoms with Gasteiger partial charge in [0.05, 0.1) is 6.61 Å². The van der Waals surface area contributed by atoms with Crippen molar-refractivity contribution < 1.29 is 5.11 Å². The minimum Gasteiger partial charge on any atom is -0.390 e. The maximum atomic E-state index is 8.48. The monoisotopic (exact) mass is 194 g/mol. The molecule has 1 N–H and O–H groups in total. The van der Waals surface area contributed by atoms with Crippen LogP contribution in [0.15, 0.2) is 3.79 Å². The first-order valence-electron chi connectivity index (χ1n) is 1.92. The van der Waals surface area contributed by atoms with Crippen molar-refractivity contribution in [2.45, 2.75) is 6.61 Å². The van der Waals surface area contributed by atoms with Gasteiger partial charge in [0, 0.05) is 0 Å². The van der Waals surface area contributed by atoms with Gasteiger partial charge in [0.2, 0.25) is 0 Å². The van der Waals surface area contributed by atoms with E-state index >= 15 is 0 Å². The van der Waals surface area contributed by atoms with Crippen LogP contribution in [-0.4, -0.2) is 14.7 Å². The summed E-state index contributed by atoms with van der Waals surface area (Å²) in [6, 6.07) is 0. The zero-order valence-electron chi connectivity index (χ0n) is 3.83. The summed E-state index contributed by atoms with van der Waals surface area (Å²) in [6.07, 6.45) is 0. The van der Waals surface area contributed by atoms with E-state index < -0.39 is 0 Å². The topological polar surface area (TPSA) is 46.0 Å². The molecular formula is C3H3BrN2OS. The molecule has 0 fully saturated rings. The first-order chi connectivity index (χ1) is 3.84. The van der Waals surface area contributed by atoms with Gasteiger partial charge < -0.3 is 5.11 Å². The van der Waals surface area contributed by atoms with Crippen LogP contribution in [-0.2, 0) is 6.61 Å². The Hall–Kier alpha value is -0.000000000000000111. The summed E-state index contributed by atoms with van der Waals surface area (Å²) in [4.78, 5) is 0. The minimum atomic E-state index is -0.0446. The molecule has 0 unspecified atom stereocenters. The molecule has 0 aliphatic heterocycles. The predicted molar refractivity (Wildman–Crippen MR) is 33.5 cm³/mol. The van der Waals surface area contributed by atoms with Gasteiger partial charge in [0.25, 0.3) is 0 Å². The van der Waals surface area contributed by atoms with E-state index in [0.29, 0.717) is 5.69 Å². The summed E-state index contributed by atoms with van der Waals surface area (Å²) in [7, 11) is 0. The molecule has 0 amide bonds. The summed E-state index contributed by atoms with van der Waals surface area (Å²) >= 11 is 4.38. The Labute approximate surface area is 58.6 Å². The van der Waals surface area contributed by atoms with Crippen LogP contribution in [0.25, 0.3) is 0 Å². The second-order valence-electron chi connectivity index (χ2n) is 1.15. The van der Waals surface area contributed by atoms with Crippen LogP contribution >= 0.6 is 27.5 Å². The molecule has 1 heterocycles. The van der Waals surface area contributed by atoms with Gasteiger partial charge in [0.1, 0.15) is 9.48 Å². The summed E-state index contributed by atoms with van der Waals surface area (Å²) in [5.41, 5.74) is 0.606. The Morgan fingerprint density at radius 3 is 2.75 bits per heavy atom. The molecule has 8 heavy (non-hydrogen) atoms. The first-order valence-corrected chi connectivity index (χ1v) is 3.49. The number of aromatic nitrogens is 2. The third-order valence-electron chi connectivity index (χ3n) is 0.659. The van der Waals surface area contributed by atoms with E-state index in [1.807, 2.05) is 0 Å². The number of aliphatic hydroxyl groups excluding tert-OH is 1. The maximum Gasteiger partial charge on any atom is 0.116 e. The standard InChI is InChI=1S/C3H3BrN2OS/c4-3-2(1-7)5-6-8-3/h7H,1H2. The molecule has 5 heteroatoms. The van der Waals surface area contributed by atoms with E-state index in [2.05, 4.69) is 25.5 Å². The van der Waals surface area contributed by atoms with Crippen molar-refractivity contribution in [2.75, 3.05) is 0 Å². The minimum absolute atomic E-state index is 0.0446. The molecule has 3 nitrogen and oxygen atoms in total. The van der Waals surface area contributed by atoms with Crippen LogP contribution in [0.5, 0.6) is 0 Å². The number of aliphatic hydroxyl groups is 1. The molecule has 0 saturated heterocycles. The summed E-state index contributed by atoms with van der Waals surface area (Å²) in [5.74, 6) is 0. The van der Waals surface area contributed by atoms with Gasteiger partial charge >= 0.3 is 0 Å². The van der Waals surface area contributed by atoms with Crippen LogP contribution in [0.2, 0.25) is 0 Å². The summed E-state index contributed by atoms with van der Waals surface area (Å²) in [5, 5.41) is 12.1. The fourth-order valence-electron chi connectivity index (χ4n) is 0.291. The lowest BCUT2D eigenvalue weighted by Crippen LogP contribution is -1.81. The van der Waals surface area contributed by atoms with Gasteiger partial charge in [0.15, 0.2) is 0 Å². The van der Waals surface area contributed by atoms with E-state index in [-0.39, 0.29) is 6.61 Å². The Morgan fingerprint density at radius 1 is 1.75 bits per heavy atom. The predicted octanol–water partition coefficient (Wildman–Crippen LogP) is 0.793. The highest BCUT2D eigenvalue weighted by Gasteiger charge is 1.99. The molecule has 0 spiro atoms. The van der Waals surface area contributed by atoms with Crippen molar-refractivity contribution >= 4 is 27.5 Å². The van der Waals surface area contributed by atoms with E-state index in [1.54, 1.807) is 0 Å². The van der Waals surface area contributed by atoms with Crippen molar-refractivity contribution in [3.63, 3.8) is 0 Å². The lowest BCUT2D eigenvalue weighted by Gasteiger charge is -1.81. The maximum absolute atomic E-state index is 8.48. The van der Waals surface area contributed by atoms with Gasteiger partial charge in [-0.15, -0.1) is 5.10 Å². The van der Waals surface area contributed by atoms with Crippen molar-refractivity contribution in [1.29, 1.82) is 0 Å². The van der Waals surface area contributed by atoms with Crippen LogP contribution in [0.1, 0.15) is 5.69 Å². The third-order valence-corrected chi connectivity index (χ3v) is 2.11. The number of hydrogen-bond acceptors (Lipinski definition) is 4. The molecule has 0 aliphatic rings. The molecule has 0 aliphatic carbocycles. The van der Waals surface area contributed by atoms with E-state index in [0.717, 1.165) is 3.79 Å². The third kappa shape index (κ3) is 1.04. The van der Waals surface area contributed by atoms with Crippen molar-refractivity contribution in [3.8, 4) is 0 Å². The van der Waals surface area contributed by atoms with Gasteiger partial charge in [-0.25, -0.2) is 0 Å². The molecule has 44 valence electrons. The zero-order chi connectivity index (χ0) is 5.98. The van der Waals surface area contributed by atoms with Crippen LogP contribution < -0.4 is 0 Å². The molecule has 1 rings (SSSR count). The highest BCUT2D eigenvalue weighted by molar-refractivity contribution is 9.11. The number of hydrogen-bond donors (Lipinski definition) is 1. The Bertz CT molecular complexity index is 178. The van der Waals surface area contributed by atoms with Crippen LogP contribution in [0.3, 0.4) is 0 Å². The quantitative estimate of drug-likeness (QED) is 0.720. The molecule has 0 radical (unpaired) electrons. The van der Waals surface area contributed by atoms with Crippen LogP contribution in [0.4, 0.5) is 0 Å². The Balaban J connectivity index is 2.92. The fraction of sp³-hybridized carbons (Fsp3) is 0.333. The molecule has 0 bridgehead atoms. The normalized spacial score (nSPS) is 9.75. The Morgan fingerprint density at radius 2 is 2.50 bits per heavy atom. The van der Waals surface area contributed by atoms with Crippen molar-refractivity contribution in [2.24, 2.45) is 0 Å². The van der Waals surface area contributed by atoms with Gasteiger partial charge in [-0.05, 0) is 27.5 Å². The molecule has 1 aromatic rings. The number of nitrogens with zero attached hydrogens (tertiary/aromatic N) is 2. The highest BCUT2D eigenvalue weighted by atomic mass is 79.9. The van der Waals surface area contributed by atoms with Gasteiger partial charge in [-0.3, -0.25) is 0 Å². The summed E-state index contributed by atoms with van der Waals surface area (Å²) in [6.45, 7) is -0.0446. The second kappa shape index (κ2) is 2.52. The van der Waals surface area contributed by atoms with Crippen LogP contribution in [0, 0.1) is 0 Å². The van der Waals surface area contributed by atoms with Gasteiger partial charge in [-0.1, -0.05) is 4.49 Å². The molecule has 1 aromatic heterocycles. The average Bonchev–Trinajstić information content (AvgIpc) is 2.14. The highest BCUT2D eigenvalue weighted by Crippen LogP contribution is 2.17. The van der Waals surface area contributed by atoms with Crippen molar-refractivity contribution in [1.82, 2.24) is 9.59 Å². The smallest absolute Gasteiger partial charge is 0.116 e. The average molecular weight is 195 g/mol. The van der Waals surface area contributed by atoms with E-state index in [4.69, 9.17) is 5.11 Å². The molecule has 0 atom stereocenters.